The minimum Gasteiger partial charge on any atom is -0.485 e. The first-order valence-corrected chi connectivity index (χ1v) is 11.8. The fourth-order valence-corrected chi connectivity index (χ4v) is 3.98. The van der Waals surface area contributed by atoms with Gasteiger partial charge in [-0.05, 0) is 53.5 Å². The number of thiocarbonyl (C=S) groups is 1. The van der Waals surface area contributed by atoms with E-state index in [1.165, 1.54) is 0 Å². The predicted molar refractivity (Wildman–Crippen MR) is 138 cm³/mol. The monoisotopic (exact) mass is 472 g/mol. The second-order valence-corrected chi connectivity index (χ2v) is 8.45. The van der Waals surface area contributed by atoms with Crippen LogP contribution in [0.15, 0.2) is 84.6 Å². The van der Waals surface area contributed by atoms with Crippen molar-refractivity contribution < 1.29 is 14.3 Å². The van der Waals surface area contributed by atoms with E-state index >= 15 is 0 Å². The van der Waals surface area contributed by atoms with Crippen molar-refractivity contribution in [2.75, 3.05) is 13.6 Å². The van der Waals surface area contributed by atoms with Crippen molar-refractivity contribution in [1.29, 1.82) is 0 Å². The van der Waals surface area contributed by atoms with E-state index in [2.05, 4.69) is 0 Å². The summed E-state index contributed by atoms with van der Waals surface area (Å²) in [5, 5.41) is 0.529. The summed E-state index contributed by atoms with van der Waals surface area (Å²) in [5.74, 6) is 1.19. The molecule has 1 saturated heterocycles. The number of carbonyl (C=O) groups is 1. The molecule has 0 aromatic heterocycles. The average Bonchev–Trinajstić information content (AvgIpc) is 3.07. The Labute approximate surface area is 206 Å². The van der Waals surface area contributed by atoms with E-state index in [1.54, 1.807) is 9.80 Å². The molecule has 0 radical (unpaired) electrons. The van der Waals surface area contributed by atoms with E-state index in [-0.39, 0.29) is 5.91 Å². The summed E-state index contributed by atoms with van der Waals surface area (Å²) >= 11 is 5.47. The molecule has 0 spiro atoms. The number of hydrogen-bond acceptors (Lipinski definition) is 4. The SMILES string of the molecule is CCCN1C(=O)/C(=C/c2ccc(OCc3ccccc3)c(OCc3ccccc3)c2)N(C)C1=S. The molecule has 1 aliphatic heterocycles. The molecule has 6 heteroatoms. The number of amides is 1. The van der Waals surface area contributed by atoms with Crippen molar-refractivity contribution in [2.24, 2.45) is 0 Å². The minimum absolute atomic E-state index is 0.0782. The highest BCUT2D eigenvalue weighted by Crippen LogP contribution is 2.32. The Kier molecular flexibility index (Phi) is 7.60. The Balaban J connectivity index is 1.60. The number of nitrogens with zero attached hydrogens (tertiary/aromatic N) is 2. The average molecular weight is 473 g/mol. The fourth-order valence-electron chi connectivity index (χ4n) is 3.71. The van der Waals surface area contributed by atoms with Crippen LogP contribution in [0, 0.1) is 0 Å². The van der Waals surface area contributed by atoms with Gasteiger partial charge in [-0.3, -0.25) is 9.69 Å². The number of rotatable bonds is 9. The summed E-state index contributed by atoms with van der Waals surface area (Å²) in [6.45, 7) is 3.49. The number of ether oxygens (including phenoxy) is 2. The molecule has 0 atom stereocenters. The van der Waals surface area contributed by atoms with Crippen LogP contribution in [0.1, 0.15) is 30.0 Å². The van der Waals surface area contributed by atoms with Crippen LogP contribution in [-0.2, 0) is 18.0 Å². The Morgan fingerprint density at radius 1 is 0.853 bits per heavy atom. The van der Waals surface area contributed by atoms with Crippen molar-refractivity contribution in [2.45, 2.75) is 26.6 Å². The fraction of sp³-hybridized carbons (Fsp3) is 0.214. The highest BCUT2D eigenvalue weighted by Gasteiger charge is 2.34. The maximum Gasteiger partial charge on any atom is 0.276 e. The van der Waals surface area contributed by atoms with Crippen LogP contribution in [0.2, 0.25) is 0 Å². The molecule has 174 valence electrons. The number of carbonyl (C=O) groups excluding carboxylic acids is 1. The molecule has 1 fully saturated rings. The summed E-state index contributed by atoms with van der Waals surface area (Å²) in [7, 11) is 1.83. The highest BCUT2D eigenvalue weighted by molar-refractivity contribution is 7.80. The van der Waals surface area contributed by atoms with E-state index in [4.69, 9.17) is 21.7 Å². The van der Waals surface area contributed by atoms with E-state index in [0.717, 1.165) is 23.1 Å². The lowest BCUT2D eigenvalue weighted by Crippen LogP contribution is -2.31. The smallest absolute Gasteiger partial charge is 0.276 e. The third-order valence-electron chi connectivity index (χ3n) is 5.54. The normalized spacial score (nSPS) is 14.7. The first kappa shape index (κ1) is 23.5. The van der Waals surface area contributed by atoms with Crippen molar-refractivity contribution in [1.82, 2.24) is 9.80 Å². The van der Waals surface area contributed by atoms with Crippen LogP contribution in [-0.4, -0.2) is 34.4 Å². The molecule has 34 heavy (non-hydrogen) atoms. The molecule has 1 aliphatic rings. The number of benzene rings is 3. The van der Waals surface area contributed by atoms with Crippen LogP contribution in [0.3, 0.4) is 0 Å². The predicted octanol–water partition coefficient (Wildman–Crippen LogP) is 5.65. The van der Waals surface area contributed by atoms with Gasteiger partial charge in [0, 0.05) is 13.6 Å². The molecular formula is C28H28N2O3S. The van der Waals surface area contributed by atoms with Crippen molar-refractivity contribution in [3.63, 3.8) is 0 Å². The zero-order valence-corrected chi connectivity index (χ0v) is 20.3. The zero-order chi connectivity index (χ0) is 23.9. The standard InChI is InChI=1S/C28H28N2O3S/c1-3-16-30-27(31)24(29(2)28(30)34)17-23-14-15-25(32-19-21-10-6-4-7-11-21)26(18-23)33-20-22-12-8-5-9-13-22/h4-15,17-18H,3,16,19-20H2,1-2H3/b24-17-. The lowest BCUT2D eigenvalue weighted by Gasteiger charge is -2.15. The molecule has 0 N–H and O–H groups in total. The first-order chi connectivity index (χ1) is 16.6. The summed E-state index contributed by atoms with van der Waals surface area (Å²) in [6, 6.07) is 25.7. The molecule has 1 amide bonds. The van der Waals surface area contributed by atoms with Crippen LogP contribution < -0.4 is 9.47 Å². The van der Waals surface area contributed by atoms with Crippen LogP contribution in [0.25, 0.3) is 6.08 Å². The molecule has 5 nitrogen and oxygen atoms in total. The maximum atomic E-state index is 12.9. The van der Waals surface area contributed by atoms with E-state index in [1.807, 2.05) is 98.9 Å². The van der Waals surface area contributed by atoms with E-state index in [9.17, 15) is 4.79 Å². The number of likely N-dealkylation sites (N-methyl/N-ethyl adjacent to an activating group) is 1. The molecule has 0 saturated carbocycles. The van der Waals surface area contributed by atoms with Crippen molar-refractivity contribution >= 4 is 29.3 Å². The van der Waals surface area contributed by atoms with E-state index < -0.39 is 0 Å². The molecule has 0 unspecified atom stereocenters. The molecule has 4 rings (SSSR count). The largest absolute Gasteiger partial charge is 0.485 e. The molecule has 0 aliphatic carbocycles. The minimum atomic E-state index is -0.0782. The Hall–Kier alpha value is -3.64. The lowest BCUT2D eigenvalue weighted by atomic mass is 10.1. The van der Waals surface area contributed by atoms with E-state index in [0.29, 0.717) is 42.1 Å². The van der Waals surface area contributed by atoms with Gasteiger partial charge < -0.3 is 14.4 Å². The molecule has 1 heterocycles. The van der Waals surface area contributed by atoms with Gasteiger partial charge in [0.15, 0.2) is 16.6 Å². The molecular weight excluding hydrogens is 444 g/mol. The van der Waals surface area contributed by atoms with Gasteiger partial charge >= 0.3 is 0 Å². The van der Waals surface area contributed by atoms with Gasteiger partial charge in [-0.1, -0.05) is 73.7 Å². The summed E-state index contributed by atoms with van der Waals surface area (Å²) in [5.41, 5.74) is 3.52. The summed E-state index contributed by atoms with van der Waals surface area (Å²) in [4.78, 5) is 16.3. The summed E-state index contributed by atoms with van der Waals surface area (Å²) in [6.07, 6.45) is 2.69. The van der Waals surface area contributed by atoms with Crippen LogP contribution in [0.4, 0.5) is 0 Å². The van der Waals surface area contributed by atoms with Gasteiger partial charge in [0.2, 0.25) is 0 Å². The van der Waals surface area contributed by atoms with Gasteiger partial charge in [-0.2, -0.15) is 0 Å². The molecule has 3 aromatic carbocycles. The number of hydrogen-bond donors (Lipinski definition) is 0. The second kappa shape index (κ2) is 11.0. The maximum absolute atomic E-state index is 12.9. The topological polar surface area (TPSA) is 42.0 Å². The van der Waals surface area contributed by atoms with Crippen LogP contribution in [0.5, 0.6) is 11.5 Å². The zero-order valence-electron chi connectivity index (χ0n) is 19.4. The van der Waals surface area contributed by atoms with Crippen molar-refractivity contribution in [3.05, 3.63) is 101 Å². The van der Waals surface area contributed by atoms with Gasteiger partial charge in [-0.15, -0.1) is 0 Å². The van der Waals surface area contributed by atoms with Crippen LogP contribution >= 0.6 is 12.2 Å². The third-order valence-corrected chi connectivity index (χ3v) is 6.03. The Morgan fingerprint density at radius 2 is 1.44 bits per heavy atom. The summed E-state index contributed by atoms with van der Waals surface area (Å²) < 4.78 is 12.3. The second-order valence-electron chi connectivity index (χ2n) is 8.08. The molecule has 0 bridgehead atoms. The Morgan fingerprint density at radius 3 is 2.03 bits per heavy atom. The van der Waals surface area contributed by atoms with Gasteiger partial charge in [-0.25, -0.2) is 0 Å². The van der Waals surface area contributed by atoms with Gasteiger partial charge in [0.1, 0.15) is 18.9 Å². The Bertz CT molecular complexity index is 1180. The van der Waals surface area contributed by atoms with Gasteiger partial charge in [0.05, 0.1) is 0 Å². The quantitative estimate of drug-likeness (QED) is 0.297. The highest BCUT2D eigenvalue weighted by atomic mass is 32.1. The first-order valence-electron chi connectivity index (χ1n) is 11.4. The molecule has 3 aromatic rings. The van der Waals surface area contributed by atoms with Crippen molar-refractivity contribution in [3.8, 4) is 11.5 Å². The van der Waals surface area contributed by atoms with Gasteiger partial charge in [0.25, 0.3) is 5.91 Å². The third kappa shape index (κ3) is 5.46. The lowest BCUT2D eigenvalue weighted by molar-refractivity contribution is -0.122.